The van der Waals surface area contributed by atoms with Crippen molar-refractivity contribution >= 4 is 23.9 Å². The third kappa shape index (κ3) is 3.56. The molecule has 16 heteroatoms. The van der Waals surface area contributed by atoms with Crippen LogP contribution in [0.15, 0.2) is 24.0 Å². The second-order valence-electron chi connectivity index (χ2n) is 15.8. The van der Waals surface area contributed by atoms with Crippen molar-refractivity contribution in [3.05, 3.63) is 24.0 Å². The predicted molar refractivity (Wildman–Crippen MR) is 164 cm³/mol. The minimum Gasteiger partial charge on any atom is -0.469 e. The van der Waals surface area contributed by atoms with Crippen molar-refractivity contribution in [1.82, 2.24) is 0 Å². The first-order valence-corrected chi connectivity index (χ1v) is 17.2. The van der Waals surface area contributed by atoms with Crippen LogP contribution in [0, 0.1) is 34.0 Å². The summed E-state index contributed by atoms with van der Waals surface area (Å²) in [7, 11) is 2.30. The van der Waals surface area contributed by atoms with Gasteiger partial charge in [0.2, 0.25) is 6.29 Å². The number of ether oxygens (including phenoxy) is 9. The maximum Gasteiger partial charge on any atom is 0.366 e. The van der Waals surface area contributed by atoms with Crippen LogP contribution in [0.3, 0.4) is 0 Å². The number of fused-ring (bicyclic) bond motifs is 7. The van der Waals surface area contributed by atoms with Gasteiger partial charge >= 0.3 is 23.9 Å². The summed E-state index contributed by atoms with van der Waals surface area (Å²) in [5, 5.41) is 38.5. The predicted octanol–water partition coefficient (Wildman–Crippen LogP) is -0.203. The molecule has 3 N–H and O–H groups in total. The fraction of sp³-hybridized carbons (Fsp3) is 0.771. The van der Waals surface area contributed by atoms with E-state index in [1.54, 1.807) is 26.8 Å². The van der Waals surface area contributed by atoms with Gasteiger partial charge in [-0.2, -0.15) is 0 Å². The van der Waals surface area contributed by atoms with E-state index < -0.39 is 124 Å². The maximum absolute atomic E-state index is 14.4. The number of allylic oxidation sites excluding steroid dienone is 1. The Bertz CT molecular complexity index is 1660. The number of carbonyl (C=O) groups is 4. The molecule has 3 aliphatic carbocycles. The molecule has 16 nitrogen and oxygen atoms in total. The Morgan fingerprint density at radius 3 is 2.31 bits per heavy atom. The third-order valence-electron chi connectivity index (χ3n) is 14.2. The van der Waals surface area contributed by atoms with Gasteiger partial charge in [-0.05, 0) is 33.3 Å². The van der Waals surface area contributed by atoms with Gasteiger partial charge in [0.05, 0.1) is 57.4 Å². The van der Waals surface area contributed by atoms with Crippen molar-refractivity contribution in [2.45, 2.75) is 107 Å². The van der Waals surface area contributed by atoms with E-state index in [9.17, 15) is 34.5 Å². The monoisotopic (exact) mass is 720 g/mol. The van der Waals surface area contributed by atoms with E-state index in [-0.39, 0.29) is 25.0 Å². The molecule has 3 saturated carbocycles. The quantitative estimate of drug-likeness (QED) is 0.191. The molecule has 5 aliphatic heterocycles. The average molecular weight is 721 g/mol. The zero-order valence-corrected chi connectivity index (χ0v) is 29.4. The number of esters is 4. The van der Waals surface area contributed by atoms with Crippen LogP contribution in [0.4, 0.5) is 0 Å². The molecule has 8 rings (SSSR count). The summed E-state index contributed by atoms with van der Waals surface area (Å²) in [5.41, 5.74) is -11.0. The van der Waals surface area contributed by atoms with E-state index in [2.05, 4.69) is 0 Å². The highest BCUT2D eigenvalue weighted by Gasteiger charge is 2.96. The van der Waals surface area contributed by atoms with Gasteiger partial charge < -0.3 is 58.0 Å². The van der Waals surface area contributed by atoms with Gasteiger partial charge in [0.15, 0.2) is 5.60 Å². The van der Waals surface area contributed by atoms with Gasteiger partial charge in [-0.25, -0.2) is 9.59 Å². The molecule has 16 atom stereocenters. The van der Waals surface area contributed by atoms with Crippen LogP contribution in [0.5, 0.6) is 0 Å². The zero-order chi connectivity index (χ0) is 36.9. The van der Waals surface area contributed by atoms with E-state index in [0.717, 1.165) is 7.11 Å². The summed E-state index contributed by atoms with van der Waals surface area (Å²) in [5.74, 6) is -9.30. The van der Waals surface area contributed by atoms with Crippen LogP contribution in [0.2, 0.25) is 0 Å². The minimum absolute atomic E-state index is 0.0251. The highest BCUT2D eigenvalue weighted by molar-refractivity contribution is 5.88. The molecule has 0 radical (unpaired) electrons. The Kier molecular flexibility index (Phi) is 7.20. The molecule has 280 valence electrons. The van der Waals surface area contributed by atoms with Crippen LogP contribution < -0.4 is 0 Å². The van der Waals surface area contributed by atoms with E-state index in [0.29, 0.717) is 0 Å². The minimum atomic E-state index is -2.41. The number of rotatable bonds is 5. The van der Waals surface area contributed by atoms with Gasteiger partial charge in [-0.3, -0.25) is 9.59 Å². The summed E-state index contributed by atoms with van der Waals surface area (Å²) >= 11 is 0. The summed E-state index contributed by atoms with van der Waals surface area (Å²) < 4.78 is 54.5. The lowest BCUT2D eigenvalue weighted by Crippen LogP contribution is -2.86. The van der Waals surface area contributed by atoms with Crippen LogP contribution in [0.25, 0.3) is 0 Å². The second-order valence-corrected chi connectivity index (χ2v) is 15.8. The average Bonchev–Trinajstić information content (AvgIpc) is 3.83. The lowest BCUT2D eigenvalue weighted by molar-refractivity contribution is -0.410. The van der Waals surface area contributed by atoms with E-state index in [4.69, 9.17) is 42.6 Å². The maximum atomic E-state index is 14.4. The first-order valence-electron chi connectivity index (χ1n) is 17.2. The van der Waals surface area contributed by atoms with Crippen LogP contribution in [-0.2, 0) is 61.8 Å². The van der Waals surface area contributed by atoms with E-state index in [1.807, 2.05) is 0 Å². The Hall–Kier alpha value is -3.12. The zero-order valence-electron chi connectivity index (χ0n) is 29.4. The van der Waals surface area contributed by atoms with E-state index >= 15 is 0 Å². The van der Waals surface area contributed by atoms with Crippen LogP contribution >= 0.6 is 0 Å². The lowest BCUT2D eigenvalue weighted by Gasteiger charge is -2.71. The first kappa shape index (κ1) is 34.9. The molecule has 7 fully saturated rings. The van der Waals surface area contributed by atoms with Gasteiger partial charge in [-0.15, -0.1) is 0 Å². The third-order valence-corrected chi connectivity index (χ3v) is 14.2. The van der Waals surface area contributed by atoms with Crippen molar-refractivity contribution in [3.63, 3.8) is 0 Å². The molecule has 0 aromatic rings. The Morgan fingerprint density at radius 2 is 1.67 bits per heavy atom. The SMILES string of the molecule is C/C=C(\C)C(=O)O[C@H]1C[C@@H](OC(C)=O)[C@]2(C(=O)OC)CO[C@H]3[C@@H]2[C@]1(C)[C@@H]1[C@@]2(C(=O)OC)OC[C@]1([C@H]3O)[C@]1(O)[C@H]3C[C@H]([C@@]4(O)C=CO[C@@H]4O3)[C@]1(C)O2. The molecular weight excluding hydrogens is 676 g/mol. The molecule has 0 amide bonds. The van der Waals surface area contributed by atoms with Gasteiger partial charge in [0, 0.05) is 42.1 Å². The molecule has 0 spiro atoms. The van der Waals surface area contributed by atoms with Gasteiger partial charge in [0.25, 0.3) is 5.79 Å². The molecule has 51 heavy (non-hydrogen) atoms. The van der Waals surface area contributed by atoms with Crippen molar-refractivity contribution in [1.29, 1.82) is 0 Å². The van der Waals surface area contributed by atoms with E-state index in [1.165, 1.54) is 33.3 Å². The highest BCUT2D eigenvalue weighted by atomic mass is 16.8. The standard InChI is InChI=1S/C35H44O16/c1-8-15(2)24(38)49-18-12-19(48-16(3)36)31(26(39)43-6)13-46-21-22(31)29(18,4)25-32(23(21)37)14-47-34(25,27(40)44-7)51-30(5)17-11-20(35(30,32)42)50-28-33(17,41)9-10-45-28/h8-10,17-23,25,28,37,41-42H,11-14H2,1-7H3/b15-8+/t17-,18-,19+,20+,21-,22+,23-,25-,28+,29+,30-,31+,32+,33-,34+,35-/m0/s1. The fourth-order valence-corrected chi connectivity index (χ4v) is 12.2. The van der Waals surface area contributed by atoms with Gasteiger partial charge in [-0.1, -0.05) is 13.0 Å². The molecule has 4 saturated heterocycles. The van der Waals surface area contributed by atoms with Crippen molar-refractivity contribution < 1.29 is 77.1 Å². The number of methoxy groups -OCH3 is 2. The Labute approximate surface area is 293 Å². The molecule has 5 heterocycles. The summed E-state index contributed by atoms with van der Waals surface area (Å²) in [6.45, 7) is 6.71. The van der Waals surface area contributed by atoms with Crippen LogP contribution in [0.1, 0.15) is 47.5 Å². The molecule has 0 aromatic heterocycles. The van der Waals surface area contributed by atoms with Crippen molar-refractivity contribution in [2.24, 2.45) is 34.0 Å². The number of aliphatic hydroxyl groups is 3. The highest BCUT2D eigenvalue weighted by Crippen LogP contribution is 2.81. The summed E-state index contributed by atoms with van der Waals surface area (Å²) in [4.78, 5) is 54.8. The first-order chi connectivity index (χ1) is 23.9. The molecule has 8 aliphatic rings. The second kappa shape index (κ2) is 10.5. The largest absolute Gasteiger partial charge is 0.469 e. The Morgan fingerprint density at radius 1 is 0.961 bits per heavy atom. The number of aliphatic hydroxyl groups excluding tert-OH is 1. The number of hydrogen-bond acceptors (Lipinski definition) is 16. The van der Waals surface area contributed by atoms with Crippen molar-refractivity contribution in [3.8, 4) is 0 Å². The molecule has 0 unspecified atom stereocenters. The molecule has 0 aromatic carbocycles. The topological polar surface area (TPSA) is 212 Å². The summed E-state index contributed by atoms with van der Waals surface area (Å²) in [6, 6.07) is 0. The Balaban J connectivity index is 1.42. The van der Waals surface area contributed by atoms with Crippen molar-refractivity contribution in [2.75, 3.05) is 27.4 Å². The van der Waals surface area contributed by atoms with Crippen LogP contribution in [-0.4, -0.2) is 126 Å². The number of hydrogen-bond donors (Lipinski definition) is 3. The fourth-order valence-electron chi connectivity index (χ4n) is 12.2. The lowest BCUT2D eigenvalue weighted by atomic mass is 9.35. The summed E-state index contributed by atoms with van der Waals surface area (Å²) in [6.07, 6.45) is -3.94. The normalized spacial score (nSPS) is 53.9. The molecular formula is C35H44O16. The smallest absolute Gasteiger partial charge is 0.366 e. The molecule has 4 bridgehead atoms. The number of carbonyl (C=O) groups excluding carboxylic acids is 4. The van der Waals surface area contributed by atoms with Gasteiger partial charge in [0.1, 0.15) is 28.8 Å².